The summed E-state index contributed by atoms with van der Waals surface area (Å²) in [5.74, 6) is -0.443. The van der Waals surface area contributed by atoms with Crippen LogP contribution in [-0.4, -0.2) is 16.1 Å². The molecular weight excluding hydrogens is 170 g/mol. The number of carbonyl (C=O) groups is 1. The minimum atomic E-state index is -1.11. The third-order valence-corrected chi connectivity index (χ3v) is 1.78. The van der Waals surface area contributed by atoms with Crippen LogP contribution in [0.5, 0.6) is 0 Å². The lowest BCUT2D eigenvalue weighted by atomic mass is 10.1. The Kier molecular flexibility index (Phi) is 2.70. The molecule has 4 nitrogen and oxygen atoms in total. The summed E-state index contributed by atoms with van der Waals surface area (Å²) in [6.45, 7) is 5.84. The number of aryl methyl sites for hydroxylation is 1. The molecule has 0 unspecified atom stereocenters. The Bertz CT molecular complexity index is 315. The smallest absolute Gasteiger partial charge is 0.392 e. The SMILES string of the molecule is CCc1oc(C(=O)O)nc1C(C)C. The van der Waals surface area contributed by atoms with E-state index in [-0.39, 0.29) is 11.8 Å². The predicted octanol–water partition coefficient (Wildman–Crippen LogP) is 2.06. The van der Waals surface area contributed by atoms with Gasteiger partial charge in [-0.15, -0.1) is 0 Å². The number of hydrogen-bond donors (Lipinski definition) is 1. The fourth-order valence-electron chi connectivity index (χ4n) is 1.16. The summed E-state index contributed by atoms with van der Waals surface area (Å²) in [4.78, 5) is 14.5. The van der Waals surface area contributed by atoms with E-state index in [9.17, 15) is 4.79 Å². The molecule has 0 atom stereocenters. The van der Waals surface area contributed by atoms with E-state index >= 15 is 0 Å². The topological polar surface area (TPSA) is 63.3 Å². The van der Waals surface area contributed by atoms with Crippen molar-refractivity contribution in [2.45, 2.75) is 33.1 Å². The quantitative estimate of drug-likeness (QED) is 0.779. The first kappa shape index (κ1) is 9.77. The first-order valence-electron chi connectivity index (χ1n) is 4.29. The largest absolute Gasteiger partial charge is 0.474 e. The van der Waals surface area contributed by atoms with Gasteiger partial charge in [-0.2, -0.15) is 0 Å². The van der Waals surface area contributed by atoms with Gasteiger partial charge in [-0.05, 0) is 5.92 Å². The minimum absolute atomic E-state index is 0.201. The number of oxazole rings is 1. The van der Waals surface area contributed by atoms with Crippen molar-refractivity contribution in [3.05, 3.63) is 17.3 Å². The van der Waals surface area contributed by atoms with Gasteiger partial charge < -0.3 is 9.52 Å². The molecule has 1 aromatic rings. The number of carboxylic acids is 1. The maximum absolute atomic E-state index is 10.5. The van der Waals surface area contributed by atoms with Crippen LogP contribution < -0.4 is 0 Å². The average molecular weight is 183 g/mol. The Balaban J connectivity index is 3.11. The first-order valence-corrected chi connectivity index (χ1v) is 4.29. The van der Waals surface area contributed by atoms with Crippen molar-refractivity contribution in [1.29, 1.82) is 0 Å². The third-order valence-electron chi connectivity index (χ3n) is 1.78. The van der Waals surface area contributed by atoms with E-state index in [1.54, 1.807) is 0 Å². The van der Waals surface area contributed by atoms with E-state index in [2.05, 4.69) is 4.98 Å². The summed E-state index contributed by atoms with van der Waals surface area (Å²) in [6.07, 6.45) is 0.674. The molecule has 0 saturated heterocycles. The van der Waals surface area contributed by atoms with E-state index in [1.165, 1.54) is 0 Å². The number of nitrogens with zero attached hydrogens (tertiary/aromatic N) is 1. The molecule has 13 heavy (non-hydrogen) atoms. The lowest BCUT2D eigenvalue weighted by molar-refractivity contribution is 0.0652. The molecule has 4 heteroatoms. The van der Waals surface area contributed by atoms with Gasteiger partial charge in [-0.1, -0.05) is 20.8 Å². The van der Waals surface area contributed by atoms with Crippen molar-refractivity contribution in [2.24, 2.45) is 0 Å². The van der Waals surface area contributed by atoms with Crippen LogP contribution in [0.15, 0.2) is 4.42 Å². The molecule has 0 spiro atoms. The number of rotatable bonds is 3. The van der Waals surface area contributed by atoms with Crippen LogP contribution in [-0.2, 0) is 6.42 Å². The van der Waals surface area contributed by atoms with Crippen molar-refractivity contribution in [3.63, 3.8) is 0 Å². The molecule has 1 heterocycles. The maximum Gasteiger partial charge on any atom is 0.392 e. The summed E-state index contributed by atoms with van der Waals surface area (Å²) in [6, 6.07) is 0. The molecular formula is C9H13NO3. The molecule has 0 fully saturated rings. The number of aromatic carboxylic acids is 1. The van der Waals surface area contributed by atoms with Crippen molar-refractivity contribution < 1.29 is 14.3 Å². The van der Waals surface area contributed by atoms with Gasteiger partial charge in [0.05, 0.1) is 5.69 Å². The molecule has 0 saturated carbocycles. The number of carboxylic acid groups (broad SMARTS) is 1. The van der Waals surface area contributed by atoms with Crippen molar-refractivity contribution in [2.75, 3.05) is 0 Å². The molecule has 1 aromatic heterocycles. The Morgan fingerprint density at radius 2 is 2.23 bits per heavy atom. The molecule has 1 N–H and O–H groups in total. The van der Waals surface area contributed by atoms with Crippen LogP contribution >= 0.6 is 0 Å². The van der Waals surface area contributed by atoms with E-state index in [0.29, 0.717) is 12.2 Å². The second-order valence-electron chi connectivity index (χ2n) is 3.14. The van der Waals surface area contributed by atoms with E-state index in [4.69, 9.17) is 9.52 Å². The van der Waals surface area contributed by atoms with Crippen LogP contribution in [0.3, 0.4) is 0 Å². The van der Waals surface area contributed by atoms with E-state index in [1.807, 2.05) is 20.8 Å². The van der Waals surface area contributed by atoms with Crippen LogP contribution in [0, 0.1) is 0 Å². The molecule has 1 rings (SSSR count). The average Bonchev–Trinajstić information content (AvgIpc) is 2.47. The maximum atomic E-state index is 10.5. The molecule has 72 valence electrons. The van der Waals surface area contributed by atoms with Crippen molar-refractivity contribution in [1.82, 2.24) is 4.98 Å². The standard InChI is InChI=1S/C9H13NO3/c1-4-6-7(5(2)3)10-8(13-6)9(11)12/h5H,4H2,1-3H3,(H,11,12). The fourth-order valence-corrected chi connectivity index (χ4v) is 1.16. The Labute approximate surface area is 76.6 Å². The lowest BCUT2D eigenvalue weighted by Gasteiger charge is -1.99. The summed E-state index contributed by atoms with van der Waals surface area (Å²) in [5, 5.41) is 8.64. The van der Waals surface area contributed by atoms with E-state index in [0.717, 1.165) is 5.69 Å². The Morgan fingerprint density at radius 1 is 1.62 bits per heavy atom. The molecule has 0 radical (unpaired) electrons. The zero-order valence-electron chi connectivity index (χ0n) is 8.00. The highest BCUT2D eigenvalue weighted by Gasteiger charge is 2.18. The molecule has 0 aliphatic carbocycles. The number of aromatic nitrogens is 1. The molecule has 0 aromatic carbocycles. The van der Waals surface area contributed by atoms with Gasteiger partial charge in [-0.3, -0.25) is 0 Å². The van der Waals surface area contributed by atoms with Gasteiger partial charge >= 0.3 is 11.9 Å². The Hall–Kier alpha value is -1.32. The van der Waals surface area contributed by atoms with E-state index < -0.39 is 5.97 Å². The highest BCUT2D eigenvalue weighted by molar-refractivity contribution is 5.82. The predicted molar refractivity (Wildman–Crippen MR) is 46.9 cm³/mol. The Morgan fingerprint density at radius 3 is 2.54 bits per heavy atom. The van der Waals surface area contributed by atoms with Crippen molar-refractivity contribution in [3.8, 4) is 0 Å². The van der Waals surface area contributed by atoms with Crippen LogP contribution in [0.25, 0.3) is 0 Å². The van der Waals surface area contributed by atoms with Crippen LogP contribution in [0.2, 0.25) is 0 Å². The summed E-state index contributed by atoms with van der Waals surface area (Å²) >= 11 is 0. The molecule has 0 amide bonds. The first-order chi connectivity index (χ1) is 6.06. The summed E-state index contributed by atoms with van der Waals surface area (Å²) in [7, 11) is 0. The van der Waals surface area contributed by atoms with Gasteiger partial charge in [0.15, 0.2) is 0 Å². The fraction of sp³-hybridized carbons (Fsp3) is 0.556. The summed E-state index contributed by atoms with van der Waals surface area (Å²) in [5.41, 5.74) is 0.750. The van der Waals surface area contributed by atoms with Gasteiger partial charge in [-0.25, -0.2) is 9.78 Å². The van der Waals surface area contributed by atoms with Gasteiger partial charge in [0.2, 0.25) is 0 Å². The number of hydrogen-bond acceptors (Lipinski definition) is 3. The zero-order chi connectivity index (χ0) is 10.0. The van der Waals surface area contributed by atoms with Crippen LogP contribution in [0.1, 0.15) is 48.8 Å². The molecule has 0 aliphatic heterocycles. The monoisotopic (exact) mass is 183 g/mol. The van der Waals surface area contributed by atoms with Gasteiger partial charge in [0.25, 0.3) is 0 Å². The lowest BCUT2D eigenvalue weighted by Crippen LogP contribution is -1.97. The van der Waals surface area contributed by atoms with Crippen LogP contribution in [0.4, 0.5) is 0 Å². The third kappa shape index (κ3) is 1.88. The second kappa shape index (κ2) is 3.60. The van der Waals surface area contributed by atoms with Crippen molar-refractivity contribution >= 4 is 5.97 Å². The second-order valence-corrected chi connectivity index (χ2v) is 3.14. The minimum Gasteiger partial charge on any atom is -0.474 e. The van der Waals surface area contributed by atoms with Gasteiger partial charge in [0, 0.05) is 6.42 Å². The molecule has 0 bridgehead atoms. The van der Waals surface area contributed by atoms with Gasteiger partial charge in [0.1, 0.15) is 5.76 Å². The molecule has 0 aliphatic rings. The zero-order valence-corrected chi connectivity index (χ0v) is 8.00. The highest BCUT2D eigenvalue weighted by atomic mass is 16.4. The normalized spacial score (nSPS) is 10.8. The highest BCUT2D eigenvalue weighted by Crippen LogP contribution is 2.20. The summed E-state index contributed by atoms with van der Waals surface area (Å²) < 4.78 is 5.08.